The minimum Gasteiger partial charge on any atom is -0.480 e. The van der Waals surface area contributed by atoms with Crippen molar-refractivity contribution in [1.82, 2.24) is 51.5 Å². The first-order valence-corrected chi connectivity index (χ1v) is 36.8. The number of likely N-dealkylation sites (tertiary alicyclic amines) is 1. The summed E-state index contributed by atoms with van der Waals surface area (Å²) in [7, 11) is 8.14. The summed E-state index contributed by atoms with van der Waals surface area (Å²) >= 11 is 0. The average molecular weight is 1470 g/mol. The van der Waals surface area contributed by atoms with Crippen LogP contribution in [0.5, 0.6) is 0 Å². The first-order valence-electron chi connectivity index (χ1n) is 36.8. The van der Waals surface area contributed by atoms with Gasteiger partial charge in [-0.2, -0.15) is 0 Å². The summed E-state index contributed by atoms with van der Waals surface area (Å²) in [5.41, 5.74) is 8.21. The Morgan fingerprint density at radius 3 is 1.95 bits per heavy atom. The standard InChI is InChI=1S/C77H116N12O16/c1-15-50(8)68(60(103-13)45-64(93)88-42-23-27-59(88)69(104-14)51(9)70(94)82-58(75(99)100)44-53-24-18-16-19-25-53)87(12)74(98)66(48(4)5)84-73(97)67(49(6)7)85(10)43-39-52-31-35-56(36-32-52)86(11)77(102)105-46-54-29-33-55(34-30-54)80-71(95)57(26-22-40-79-76(78)101)81-72(96)65(47(2)3)83-61(90)28-20-17-21-41-89-62(91)37-38-63(89)92/h16,18-19,24-25,29-33,35-38,47-51,55,57-60,65-69H,15,17,20-23,26-28,34,39-46H2,1-14H3,(H,80,95)(H,81,96)(H,82,94)(H,83,90)(H,84,97)(H,99,100)(H3,78,79,101)/t50-,51+,55?,57-,58-,59-,60+,65-,66-,67-,68-,69+/m0/s1. The second-order valence-corrected chi connectivity index (χ2v) is 28.9. The first-order chi connectivity index (χ1) is 49.8. The molecule has 12 amide bonds. The van der Waals surface area contributed by atoms with Gasteiger partial charge in [0.1, 0.15) is 30.8 Å². The number of carboxylic acids is 1. The molecule has 9 N–H and O–H groups in total. The van der Waals surface area contributed by atoms with Crippen LogP contribution in [0.3, 0.4) is 0 Å². The van der Waals surface area contributed by atoms with Crippen molar-refractivity contribution in [3.63, 3.8) is 0 Å². The molecule has 1 aliphatic carbocycles. The Bertz CT molecular complexity index is 3350. The van der Waals surface area contributed by atoms with Crippen molar-refractivity contribution in [1.29, 1.82) is 0 Å². The van der Waals surface area contributed by atoms with Crippen molar-refractivity contribution < 1.29 is 76.9 Å². The van der Waals surface area contributed by atoms with Crippen LogP contribution in [0.2, 0.25) is 0 Å². The number of anilines is 1. The summed E-state index contributed by atoms with van der Waals surface area (Å²) in [5.74, 6) is -6.51. The van der Waals surface area contributed by atoms with Crippen molar-refractivity contribution in [3.05, 3.63) is 102 Å². The van der Waals surface area contributed by atoms with Gasteiger partial charge in [0, 0.05) is 85.2 Å². The molecule has 2 aromatic rings. The van der Waals surface area contributed by atoms with E-state index in [0.29, 0.717) is 82.1 Å². The Kier molecular flexibility index (Phi) is 35.3. The summed E-state index contributed by atoms with van der Waals surface area (Å²) in [5, 5.41) is 26.9. The minimum absolute atomic E-state index is 0.0562. The number of methoxy groups -OCH3 is 2. The highest BCUT2D eigenvalue weighted by molar-refractivity contribution is 6.12. The maximum atomic E-state index is 14.9. The number of benzene rings is 2. The number of hydrogen-bond donors (Lipinski definition) is 8. The van der Waals surface area contributed by atoms with E-state index in [4.69, 9.17) is 19.9 Å². The topological polar surface area (TPSA) is 367 Å². The second-order valence-electron chi connectivity index (χ2n) is 28.9. The van der Waals surface area contributed by atoms with Crippen molar-refractivity contribution in [2.75, 3.05) is 73.0 Å². The Labute approximate surface area is 619 Å². The number of nitrogens with one attached hydrogen (secondary N) is 6. The number of rotatable bonds is 43. The van der Waals surface area contributed by atoms with E-state index in [1.807, 2.05) is 77.8 Å². The highest BCUT2D eigenvalue weighted by atomic mass is 16.6. The van der Waals surface area contributed by atoms with E-state index in [-0.39, 0.29) is 104 Å². The average Bonchev–Trinajstić information content (AvgIpc) is 1.80. The molecule has 5 rings (SSSR count). The third kappa shape index (κ3) is 26.2. The largest absolute Gasteiger partial charge is 0.480 e. The van der Waals surface area contributed by atoms with E-state index in [2.05, 4.69) is 31.9 Å². The molecule has 0 bridgehead atoms. The number of nitrogens with zero attached hydrogens (tertiary/aromatic N) is 5. The smallest absolute Gasteiger partial charge is 0.414 e. The van der Waals surface area contributed by atoms with Gasteiger partial charge in [-0.1, -0.05) is 136 Å². The van der Waals surface area contributed by atoms with E-state index >= 15 is 0 Å². The molecule has 12 atom stereocenters. The molecule has 105 heavy (non-hydrogen) atoms. The van der Waals surface area contributed by atoms with Gasteiger partial charge in [-0.15, -0.1) is 0 Å². The van der Waals surface area contributed by atoms with Crippen LogP contribution in [-0.4, -0.2) is 225 Å². The number of imide groups is 1. The fourth-order valence-corrected chi connectivity index (χ4v) is 13.7. The summed E-state index contributed by atoms with van der Waals surface area (Å²) in [6.45, 7) is 18.1. The van der Waals surface area contributed by atoms with Crippen LogP contribution < -0.4 is 42.5 Å². The first kappa shape index (κ1) is 86.6. The molecular formula is C77H116N12O16. The number of primary amides is 1. The van der Waals surface area contributed by atoms with Crippen LogP contribution in [0.15, 0.2) is 90.6 Å². The third-order valence-corrected chi connectivity index (χ3v) is 20.0. The Balaban J connectivity index is 1.11. The number of ether oxygens (including phenoxy) is 3. The van der Waals surface area contributed by atoms with Gasteiger partial charge in [0.25, 0.3) is 11.8 Å². The van der Waals surface area contributed by atoms with Gasteiger partial charge in [-0.3, -0.25) is 57.9 Å². The molecule has 2 aliphatic heterocycles. The zero-order valence-corrected chi connectivity index (χ0v) is 63.9. The number of carbonyl (C=O) groups is 12. The maximum Gasteiger partial charge on any atom is 0.414 e. The molecule has 28 nitrogen and oxygen atoms in total. The van der Waals surface area contributed by atoms with E-state index in [1.54, 1.807) is 93.2 Å². The number of aliphatic carboxylic acids is 1. The van der Waals surface area contributed by atoms with Crippen LogP contribution in [0.25, 0.3) is 0 Å². The molecule has 1 saturated heterocycles. The van der Waals surface area contributed by atoms with Crippen LogP contribution in [0, 0.1) is 29.6 Å². The fourth-order valence-electron chi connectivity index (χ4n) is 13.7. The lowest BCUT2D eigenvalue weighted by Gasteiger charge is -2.41. The SMILES string of the molecule is CC[C@H](C)[C@@H]([C@@H](CC(=O)N1CCC[C@H]1[C@H](OC)[C@@H](C)C(=O)N[C@@H](Cc1ccccc1)C(=O)O)OC)N(C)C(=O)[C@@H](NC(=O)[C@H](C(C)C)N(C)CCc1ccc(N(C)C(=O)OCC2=CCC(NC(=O)[C@H](CCCNC(N)=O)NC(=O)[C@@H](NC(=O)CCCCCN3C(=O)C=CC3=O)C(C)C)C=C2)cc1)C(C)C. The third-order valence-electron chi connectivity index (χ3n) is 20.0. The number of hydrogen-bond acceptors (Lipinski definition) is 16. The molecule has 3 aliphatic rings. The van der Waals surface area contributed by atoms with Gasteiger partial charge in [-0.05, 0) is 111 Å². The number of carbonyl (C=O) groups excluding carboxylic acids is 11. The molecule has 2 heterocycles. The molecule has 0 radical (unpaired) electrons. The predicted molar refractivity (Wildman–Crippen MR) is 397 cm³/mol. The Hall–Kier alpha value is -9.02. The highest BCUT2D eigenvalue weighted by Gasteiger charge is 2.44. The van der Waals surface area contributed by atoms with Gasteiger partial charge < -0.3 is 66.8 Å². The van der Waals surface area contributed by atoms with Crippen LogP contribution in [-0.2, 0) is 75.0 Å². The van der Waals surface area contributed by atoms with E-state index in [1.165, 1.54) is 31.3 Å². The van der Waals surface area contributed by atoms with Crippen LogP contribution in [0.4, 0.5) is 15.3 Å². The van der Waals surface area contributed by atoms with E-state index < -0.39 is 102 Å². The van der Waals surface area contributed by atoms with Gasteiger partial charge in [0.15, 0.2) is 0 Å². The number of urea groups is 1. The Morgan fingerprint density at radius 1 is 0.714 bits per heavy atom. The molecule has 0 saturated carbocycles. The molecule has 1 fully saturated rings. The zero-order valence-electron chi connectivity index (χ0n) is 63.9. The summed E-state index contributed by atoms with van der Waals surface area (Å²) in [4.78, 5) is 167. The Morgan fingerprint density at radius 2 is 1.37 bits per heavy atom. The number of carboxylic acid groups (broad SMARTS) is 1. The molecule has 2 aromatic carbocycles. The van der Waals surface area contributed by atoms with E-state index in [0.717, 1.165) is 16.0 Å². The normalized spacial score (nSPS) is 17.9. The molecule has 1 unspecified atom stereocenters. The zero-order chi connectivity index (χ0) is 77.8. The van der Waals surface area contributed by atoms with Gasteiger partial charge in [-0.25, -0.2) is 14.4 Å². The van der Waals surface area contributed by atoms with Gasteiger partial charge in [0.05, 0.1) is 48.7 Å². The summed E-state index contributed by atoms with van der Waals surface area (Å²) in [6.07, 6.45) is 10.5. The number of nitrogens with two attached hydrogens (primary N) is 1. The van der Waals surface area contributed by atoms with Crippen molar-refractivity contribution in [2.24, 2.45) is 35.3 Å². The van der Waals surface area contributed by atoms with Crippen LogP contribution >= 0.6 is 0 Å². The van der Waals surface area contributed by atoms with Crippen LogP contribution in [0.1, 0.15) is 144 Å². The molecule has 28 heteroatoms. The van der Waals surface area contributed by atoms with Crippen molar-refractivity contribution in [2.45, 2.75) is 206 Å². The lowest BCUT2D eigenvalue weighted by molar-refractivity contribution is -0.148. The van der Waals surface area contributed by atoms with E-state index in [9.17, 15) is 62.6 Å². The molecular weight excluding hydrogens is 1350 g/mol. The monoisotopic (exact) mass is 1460 g/mol. The quantitative estimate of drug-likeness (QED) is 0.0297. The minimum atomic E-state index is -1.18. The summed E-state index contributed by atoms with van der Waals surface area (Å²) in [6, 6.07) is 9.41. The maximum absolute atomic E-state index is 14.9. The number of likely N-dealkylation sites (N-methyl/N-ethyl adjacent to an activating group) is 2. The number of amides is 12. The molecule has 0 spiro atoms. The lowest BCUT2D eigenvalue weighted by Crippen LogP contribution is -2.60. The summed E-state index contributed by atoms with van der Waals surface area (Å²) < 4.78 is 17.7. The molecule has 580 valence electrons. The van der Waals surface area contributed by atoms with Gasteiger partial charge in [0.2, 0.25) is 41.4 Å². The molecule has 0 aromatic heterocycles. The second kappa shape index (κ2) is 42.8. The van der Waals surface area contributed by atoms with Gasteiger partial charge >= 0.3 is 18.1 Å². The van der Waals surface area contributed by atoms with Crippen molar-refractivity contribution in [3.8, 4) is 0 Å². The fraction of sp³-hybridized carbons (Fsp3) is 0.610. The predicted octanol–water partition coefficient (Wildman–Crippen LogP) is 5.56. The highest BCUT2D eigenvalue weighted by Crippen LogP contribution is 2.31. The van der Waals surface area contributed by atoms with Crippen molar-refractivity contribution >= 4 is 76.9 Å². The number of unbranched alkanes of at least 4 members (excludes halogenated alkanes) is 2. The lowest BCUT2D eigenvalue weighted by atomic mass is 9.89.